The number of rotatable bonds is 4. The van der Waals surface area contributed by atoms with Crippen molar-refractivity contribution < 1.29 is 0 Å². The fourth-order valence-electron chi connectivity index (χ4n) is 2.67. The topological polar surface area (TPSA) is 41.1 Å². The summed E-state index contributed by atoms with van der Waals surface area (Å²) >= 11 is 2.07. The van der Waals surface area contributed by atoms with Gasteiger partial charge >= 0.3 is 0 Å². The molecule has 0 spiro atoms. The summed E-state index contributed by atoms with van der Waals surface area (Å²) in [5, 5.41) is 3.22. The van der Waals surface area contributed by atoms with Crippen molar-refractivity contribution in [3.05, 3.63) is 11.4 Å². The van der Waals surface area contributed by atoms with Crippen LogP contribution in [-0.4, -0.2) is 40.6 Å². The first kappa shape index (κ1) is 16.4. The van der Waals surface area contributed by atoms with Crippen LogP contribution in [0.1, 0.15) is 45.0 Å². The van der Waals surface area contributed by atoms with E-state index in [0.717, 1.165) is 49.1 Å². The van der Waals surface area contributed by atoms with Gasteiger partial charge in [0, 0.05) is 42.6 Å². The van der Waals surface area contributed by atoms with E-state index in [1.165, 1.54) is 12.0 Å². The van der Waals surface area contributed by atoms with Gasteiger partial charge in [0.05, 0.1) is 0 Å². The van der Waals surface area contributed by atoms with Crippen LogP contribution in [0.4, 0.5) is 11.6 Å². The molecule has 1 aromatic rings. The highest BCUT2D eigenvalue weighted by Crippen LogP contribution is 2.33. The fraction of sp³-hybridized carbons (Fsp3) is 0.750. The first-order chi connectivity index (χ1) is 9.96. The van der Waals surface area contributed by atoms with Gasteiger partial charge in [0.25, 0.3) is 0 Å². The maximum Gasteiger partial charge on any atom is 0.137 e. The molecular weight excluding hydrogens is 280 g/mol. The Morgan fingerprint density at radius 3 is 2.71 bits per heavy atom. The zero-order chi connectivity index (χ0) is 15.5. The Morgan fingerprint density at radius 1 is 1.29 bits per heavy atom. The number of aryl methyl sites for hydroxylation is 1. The minimum Gasteiger partial charge on any atom is -0.373 e. The molecule has 21 heavy (non-hydrogen) atoms. The Kier molecular flexibility index (Phi) is 5.36. The van der Waals surface area contributed by atoms with Crippen LogP contribution in [0.15, 0.2) is 0 Å². The van der Waals surface area contributed by atoms with E-state index in [9.17, 15) is 0 Å². The fourth-order valence-corrected chi connectivity index (χ4v) is 3.77. The highest BCUT2D eigenvalue weighted by atomic mass is 32.2. The lowest BCUT2D eigenvalue weighted by atomic mass is 10.1. The van der Waals surface area contributed by atoms with E-state index in [-0.39, 0.29) is 0 Å². The Balaban J connectivity index is 2.31. The number of hydrogen-bond donors (Lipinski definition) is 1. The van der Waals surface area contributed by atoms with Crippen molar-refractivity contribution in [2.75, 3.05) is 36.1 Å². The van der Waals surface area contributed by atoms with Crippen LogP contribution >= 0.6 is 11.8 Å². The van der Waals surface area contributed by atoms with Gasteiger partial charge in [-0.25, -0.2) is 9.97 Å². The average Bonchev–Trinajstić information content (AvgIpc) is 2.62. The molecule has 2 rings (SSSR count). The van der Waals surface area contributed by atoms with E-state index < -0.39 is 0 Å². The summed E-state index contributed by atoms with van der Waals surface area (Å²) in [5.41, 5.74) is 1.17. The smallest absolute Gasteiger partial charge is 0.137 e. The minimum absolute atomic E-state index is 0.369. The summed E-state index contributed by atoms with van der Waals surface area (Å²) in [6, 6.07) is 0. The summed E-state index contributed by atoms with van der Waals surface area (Å²) in [5.74, 6) is 4.21. The molecule has 1 aliphatic heterocycles. The highest BCUT2D eigenvalue weighted by Gasteiger charge is 2.25. The van der Waals surface area contributed by atoms with E-state index in [0.29, 0.717) is 4.75 Å². The first-order valence-electron chi connectivity index (χ1n) is 7.91. The van der Waals surface area contributed by atoms with Crippen LogP contribution in [0.2, 0.25) is 0 Å². The summed E-state index contributed by atoms with van der Waals surface area (Å²) < 4.78 is 0.369. The van der Waals surface area contributed by atoms with Gasteiger partial charge in [-0.15, -0.1) is 0 Å². The molecule has 118 valence electrons. The van der Waals surface area contributed by atoms with Gasteiger partial charge in [-0.3, -0.25) is 0 Å². The van der Waals surface area contributed by atoms with Crippen molar-refractivity contribution >= 4 is 23.4 Å². The van der Waals surface area contributed by atoms with Crippen molar-refractivity contribution in [2.24, 2.45) is 0 Å². The third-order valence-electron chi connectivity index (χ3n) is 4.01. The van der Waals surface area contributed by atoms with Crippen molar-refractivity contribution in [3.8, 4) is 0 Å². The number of anilines is 2. The predicted octanol–water partition coefficient (Wildman–Crippen LogP) is 3.50. The monoisotopic (exact) mass is 308 g/mol. The van der Waals surface area contributed by atoms with E-state index in [1.54, 1.807) is 0 Å². The Bertz CT molecular complexity index is 487. The van der Waals surface area contributed by atoms with Gasteiger partial charge in [0.2, 0.25) is 0 Å². The number of aromatic nitrogens is 2. The van der Waals surface area contributed by atoms with Gasteiger partial charge < -0.3 is 10.2 Å². The molecular formula is C16H28N4S. The molecule has 0 bridgehead atoms. The van der Waals surface area contributed by atoms with Crippen molar-refractivity contribution in [1.82, 2.24) is 9.97 Å². The second-order valence-corrected chi connectivity index (χ2v) is 8.08. The molecule has 1 saturated heterocycles. The van der Waals surface area contributed by atoms with E-state index in [2.05, 4.69) is 54.7 Å². The minimum atomic E-state index is 0.369. The normalized spacial score (nSPS) is 18.4. The molecule has 0 aromatic carbocycles. The van der Waals surface area contributed by atoms with Gasteiger partial charge in [0.15, 0.2) is 0 Å². The molecule has 0 unspecified atom stereocenters. The molecule has 5 heteroatoms. The molecule has 0 atom stereocenters. The molecule has 0 radical (unpaired) electrons. The molecule has 1 N–H and O–H groups in total. The third-order valence-corrected chi connectivity index (χ3v) is 5.39. The Labute approximate surface area is 133 Å². The molecule has 2 heterocycles. The second-order valence-electron chi connectivity index (χ2n) is 6.28. The summed E-state index contributed by atoms with van der Waals surface area (Å²) in [6.07, 6.45) is 3.21. The maximum atomic E-state index is 4.85. The van der Waals surface area contributed by atoms with Gasteiger partial charge in [-0.05, 0) is 19.8 Å². The molecule has 0 amide bonds. The standard InChI is InChI=1S/C16H28N4S/c1-6-7-13-18-14(17-5)12(2)15(19-13)20-9-8-16(3,4)21-11-10-20/h6-11H2,1-5H3,(H,17,18,19). The third kappa shape index (κ3) is 4.02. The summed E-state index contributed by atoms with van der Waals surface area (Å²) in [6.45, 7) is 11.1. The Morgan fingerprint density at radius 2 is 2.05 bits per heavy atom. The van der Waals surface area contributed by atoms with Crippen LogP contribution in [0.3, 0.4) is 0 Å². The van der Waals surface area contributed by atoms with E-state index in [4.69, 9.17) is 4.98 Å². The van der Waals surface area contributed by atoms with Crippen molar-refractivity contribution in [2.45, 2.75) is 51.7 Å². The van der Waals surface area contributed by atoms with Crippen LogP contribution in [-0.2, 0) is 6.42 Å². The quantitative estimate of drug-likeness (QED) is 0.922. The molecule has 1 aromatic heterocycles. The highest BCUT2D eigenvalue weighted by molar-refractivity contribution is 8.00. The molecule has 1 aliphatic rings. The maximum absolute atomic E-state index is 4.85. The van der Waals surface area contributed by atoms with Crippen LogP contribution in [0.5, 0.6) is 0 Å². The largest absolute Gasteiger partial charge is 0.373 e. The molecule has 1 fully saturated rings. The van der Waals surface area contributed by atoms with Crippen LogP contribution < -0.4 is 10.2 Å². The lowest BCUT2D eigenvalue weighted by molar-refractivity contribution is 0.633. The zero-order valence-electron chi connectivity index (χ0n) is 14.0. The van der Waals surface area contributed by atoms with E-state index >= 15 is 0 Å². The lowest BCUT2D eigenvalue weighted by Gasteiger charge is -2.25. The molecule has 4 nitrogen and oxygen atoms in total. The first-order valence-corrected chi connectivity index (χ1v) is 8.89. The van der Waals surface area contributed by atoms with Crippen molar-refractivity contribution in [3.63, 3.8) is 0 Å². The second kappa shape index (κ2) is 6.86. The predicted molar refractivity (Wildman–Crippen MR) is 93.7 cm³/mol. The number of nitrogens with zero attached hydrogens (tertiary/aromatic N) is 3. The van der Waals surface area contributed by atoms with Gasteiger partial charge in [0.1, 0.15) is 17.5 Å². The molecule has 0 aliphatic carbocycles. The Hall–Kier alpha value is -0.970. The van der Waals surface area contributed by atoms with Gasteiger partial charge in [-0.2, -0.15) is 11.8 Å². The number of hydrogen-bond acceptors (Lipinski definition) is 5. The lowest BCUT2D eigenvalue weighted by Crippen LogP contribution is -2.29. The summed E-state index contributed by atoms with van der Waals surface area (Å²) in [4.78, 5) is 11.9. The van der Waals surface area contributed by atoms with Crippen LogP contribution in [0, 0.1) is 6.92 Å². The van der Waals surface area contributed by atoms with Gasteiger partial charge in [-0.1, -0.05) is 20.8 Å². The number of thioether (sulfide) groups is 1. The molecule has 0 saturated carbocycles. The SMILES string of the molecule is CCCc1nc(NC)c(C)c(N2CCSC(C)(C)CC2)n1. The van der Waals surface area contributed by atoms with Crippen LogP contribution in [0.25, 0.3) is 0 Å². The average molecular weight is 308 g/mol. The summed E-state index contributed by atoms with van der Waals surface area (Å²) in [7, 11) is 1.94. The number of nitrogens with one attached hydrogen (secondary N) is 1. The zero-order valence-corrected chi connectivity index (χ0v) is 14.8. The van der Waals surface area contributed by atoms with Crippen molar-refractivity contribution in [1.29, 1.82) is 0 Å². The van der Waals surface area contributed by atoms with E-state index in [1.807, 2.05) is 7.05 Å².